The zero-order valence-electron chi connectivity index (χ0n) is 23.1. The van der Waals surface area contributed by atoms with Crippen molar-refractivity contribution in [3.8, 4) is 0 Å². The van der Waals surface area contributed by atoms with Gasteiger partial charge in [-0.05, 0) is 56.0 Å². The molecule has 0 atom stereocenters. The topological polar surface area (TPSA) is 108 Å². The van der Waals surface area contributed by atoms with Crippen LogP contribution in [-0.4, -0.2) is 43.6 Å². The summed E-state index contributed by atoms with van der Waals surface area (Å²) in [6.07, 6.45) is 1.40. The predicted molar refractivity (Wildman–Crippen MR) is 151 cm³/mol. The van der Waals surface area contributed by atoms with Crippen LogP contribution in [0.5, 0.6) is 0 Å². The smallest absolute Gasteiger partial charge is 0.412 e. The van der Waals surface area contributed by atoms with Crippen LogP contribution in [0.2, 0.25) is 0 Å². The van der Waals surface area contributed by atoms with E-state index in [1.54, 1.807) is 50.1 Å². The number of nitrogens with one attached hydrogen (secondary N) is 1. The Morgan fingerprint density at radius 1 is 1.05 bits per heavy atom. The number of nitrogens with zero attached hydrogens (tertiary/aromatic N) is 4. The molecule has 4 aromatic rings. The van der Waals surface area contributed by atoms with Crippen molar-refractivity contribution in [2.24, 2.45) is 7.05 Å². The molecule has 5 rings (SSSR count). The van der Waals surface area contributed by atoms with E-state index >= 15 is 0 Å². The summed E-state index contributed by atoms with van der Waals surface area (Å²) in [5, 5.41) is 7.98. The molecule has 0 fully saturated rings. The lowest BCUT2D eigenvalue weighted by atomic mass is 10.1. The SMILES string of the molecule is Cn1c2c(c3cnn(Cc4cccc(NC(=O)OC(C)(C)C)c4)c(=O)c31)CCN(C(=O)OCc1ccccc1)C2. The number of ether oxygens (including phenoxy) is 2. The molecule has 2 aromatic carbocycles. The highest BCUT2D eigenvalue weighted by molar-refractivity contribution is 5.85. The van der Waals surface area contributed by atoms with E-state index in [0.29, 0.717) is 30.7 Å². The average molecular weight is 544 g/mol. The van der Waals surface area contributed by atoms with Crippen molar-refractivity contribution in [3.63, 3.8) is 0 Å². The van der Waals surface area contributed by atoms with E-state index in [9.17, 15) is 14.4 Å². The number of rotatable bonds is 5. The van der Waals surface area contributed by atoms with Gasteiger partial charge in [0.05, 0.1) is 19.3 Å². The lowest BCUT2D eigenvalue weighted by Gasteiger charge is -2.27. The fraction of sp³-hybridized carbons (Fsp3) is 0.333. The number of aryl methyl sites for hydroxylation is 1. The quantitative estimate of drug-likeness (QED) is 0.387. The van der Waals surface area contributed by atoms with Crippen LogP contribution >= 0.6 is 0 Å². The molecular formula is C30H33N5O5. The fourth-order valence-electron chi connectivity index (χ4n) is 4.92. The molecule has 3 heterocycles. The van der Waals surface area contributed by atoms with E-state index in [0.717, 1.165) is 27.8 Å². The van der Waals surface area contributed by atoms with E-state index in [1.807, 2.05) is 48.0 Å². The lowest BCUT2D eigenvalue weighted by Crippen LogP contribution is -2.36. The van der Waals surface area contributed by atoms with Crippen molar-refractivity contribution in [3.05, 3.63) is 93.5 Å². The zero-order valence-corrected chi connectivity index (χ0v) is 23.1. The Hall–Kier alpha value is -4.60. The molecule has 2 amide bonds. The van der Waals surface area contributed by atoms with E-state index < -0.39 is 11.7 Å². The Kier molecular flexibility index (Phi) is 7.34. The number of fused-ring (bicyclic) bond motifs is 3. The van der Waals surface area contributed by atoms with Crippen molar-refractivity contribution < 1.29 is 19.1 Å². The van der Waals surface area contributed by atoms with Crippen molar-refractivity contribution in [2.75, 3.05) is 11.9 Å². The third-order valence-corrected chi connectivity index (χ3v) is 6.77. The van der Waals surface area contributed by atoms with E-state index in [4.69, 9.17) is 9.47 Å². The highest BCUT2D eigenvalue weighted by Gasteiger charge is 2.28. The Morgan fingerprint density at radius 2 is 1.80 bits per heavy atom. The van der Waals surface area contributed by atoms with Crippen LogP contribution < -0.4 is 10.9 Å². The van der Waals surface area contributed by atoms with Gasteiger partial charge in [-0.15, -0.1) is 0 Å². The number of benzene rings is 2. The van der Waals surface area contributed by atoms with Gasteiger partial charge >= 0.3 is 12.2 Å². The Labute approximate surface area is 232 Å². The van der Waals surface area contributed by atoms with Gasteiger partial charge in [-0.25, -0.2) is 14.3 Å². The number of amides is 2. The first-order valence-corrected chi connectivity index (χ1v) is 13.2. The first-order valence-electron chi connectivity index (χ1n) is 13.2. The maximum atomic E-state index is 13.6. The van der Waals surface area contributed by atoms with Gasteiger partial charge in [-0.1, -0.05) is 42.5 Å². The number of hydrogen-bond acceptors (Lipinski definition) is 6. The van der Waals surface area contributed by atoms with Crippen LogP contribution in [0.1, 0.15) is 43.2 Å². The minimum Gasteiger partial charge on any atom is -0.445 e. The van der Waals surface area contributed by atoms with E-state index in [2.05, 4.69) is 10.4 Å². The number of hydrogen-bond donors (Lipinski definition) is 1. The molecule has 0 radical (unpaired) electrons. The monoisotopic (exact) mass is 543 g/mol. The van der Waals surface area contributed by atoms with Crippen molar-refractivity contribution >= 4 is 28.8 Å². The normalized spacial score (nSPS) is 13.2. The minimum absolute atomic E-state index is 0.210. The van der Waals surface area contributed by atoms with Gasteiger partial charge < -0.3 is 18.9 Å². The molecule has 10 heteroatoms. The summed E-state index contributed by atoms with van der Waals surface area (Å²) in [6.45, 7) is 6.69. The van der Waals surface area contributed by atoms with Crippen molar-refractivity contribution in [1.82, 2.24) is 19.2 Å². The maximum Gasteiger partial charge on any atom is 0.412 e. The van der Waals surface area contributed by atoms with Gasteiger partial charge in [0.2, 0.25) is 0 Å². The lowest BCUT2D eigenvalue weighted by molar-refractivity contribution is 0.0635. The van der Waals surface area contributed by atoms with Crippen molar-refractivity contribution in [2.45, 2.75) is 52.5 Å². The molecule has 0 saturated carbocycles. The summed E-state index contributed by atoms with van der Waals surface area (Å²) in [7, 11) is 1.84. The predicted octanol–water partition coefficient (Wildman–Crippen LogP) is 4.83. The molecule has 10 nitrogen and oxygen atoms in total. The van der Waals surface area contributed by atoms with E-state index in [1.165, 1.54) is 4.68 Å². The minimum atomic E-state index is -0.609. The fourth-order valence-corrected chi connectivity index (χ4v) is 4.92. The van der Waals surface area contributed by atoms with Gasteiger partial charge in [0.25, 0.3) is 5.56 Å². The zero-order chi connectivity index (χ0) is 28.4. The molecule has 1 aliphatic heterocycles. The summed E-state index contributed by atoms with van der Waals surface area (Å²) >= 11 is 0. The van der Waals surface area contributed by atoms with Crippen molar-refractivity contribution in [1.29, 1.82) is 0 Å². The average Bonchev–Trinajstić information content (AvgIpc) is 3.20. The van der Waals surface area contributed by atoms with Gasteiger partial charge in [0.15, 0.2) is 0 Å². The number of carbonyl (C=O) groups excluding carboxylic acids is 2. The van der Waals surface area contributed by atoms with Gasteiger partial charge in [-0.3, -0.25) is 10.1 Å². The first kappa shape index (κ1) is 27.0. The molecule has 40 heavy (non-hydrogen) atoms. The molecule has 0 spiro atoms. The van der Waals surface area contributed by atoms with Crippen LogP contribution in [0.15, 0.2) is 65.6 Å². The third kappa shape index (κ3) is 5.85. The molecule has 2 aromatic heterocycles. The summed E-state index contributed by atoms with van der Waals surface area (Å²) in [5.41, 5.74) is 3.94. The van der Waals surface area contributed by atoms with Gasteiger partial charge in [-0.2, -0.15) is 5.10 Å². The molecule has 1 N–H and O–H groups in total. The standard InChI is InChI=1S/C30H33N5O5/c1-30(2,3)40-28(37)32-22-12-8-11-21(15-22)17-35-27(36)26-24(16-31-35)23-13-14-34(18-25(23)33(26)4)29(38)39-19-20-9-6-5-7-10-20/h5-12,15-16H,13-14,17-19H2,1-4H3,(H,32,37). The summed E-state index contributed by atoms with van der Waals surface area (Å²) in [4.78, 5) is 40.2. The second-order valence-electron chi connectivity index (χ2n) is 10.9. The van der Waals surface area contributed by atoms with Gasteiger partial charge in [0, 0.05) is 30.4 Å². The van der Waals surface area contributed by atoms with Crippen LogP contribution in [0, 0.1) is 0 Å². The molecule has 0 unspecified atom stereocenters. The van der Waals surface area contributed by atoms with E-state index in [-0.39, 0.29) is 24.8 Å². The van der Waals surface area contributed by atoms with Gasteiger partial charge in [0.1, 0.15) is 17.7 Å². The molecule has 1 aliphatic rings. The molecule has 0 bridgehead atoms. The summed E-state index contributed by atoms with van der Waals surface area (Å²) < 4.78 is 14.1. The third-order valence-electron chi connectivity index (χ3n) is 6.77. The summed E-state index contributed by atoms with van der Waals surface area (Å²) in [5.74, 6) is 0. The number of aromatic nitrogens is 3. The van der Waals surface area contributed by atoms with Crippen LogP contribution in [0.25, 0.3) is 10.9 Å². The number of anilines is 1. The van der Waals surface area contributed by atoms with Crippen LogP contribution in [0.3, 0.4) is 0 Å². The first-order chi connectivity index (χ1) is 19.1. The second kappa shape index (κ2) is 10.9. The largest absolute Gasteiger partial charge is 0.445 e. The Bertz CT molecular complexity index is 1620. The number of carbonyl (C=O) groups is 2. The molecule has 0 saturated heterocycles. The Balaban J connectivity index is 1.33. The Morgan fingerprint density at radius 3 is 2.55 bits per heavy atom. The maximum absolute atomic E-state index is 13.6. The highest BCUT2D eigenvalue weighted by Crippen LogP contribution is 2.28. The molecule has 0 aliphatic carbocycles. The van der Waals surface area contributed by atoms with Crippen LogP contribution in [0.4, 0.5) is 15.3 Å². The second-order valence-corrected chi connectivity index (χ2v) is 10.9. The molecule has 208 valence electrons. The molecular weight excluding hydrogens is 510 g/mol. The summed E-state index contributed by atoms with van der Waals surface area (Å²) in [6, 6.07) is 16.8. The van der Waals surface area contributed by atoms with Crippen LogP contribution in [-0.2, 0) is 42.6 Å². The highest BCUT2D eigenvalue weighted by atomic mass is 16.6.